The van der Waals surface area contributed by atoms with E-state index in [9.17, 15) is 24.8 Å². The normalized spacial score (nSPS) is 15.0. The minimum atomic E-state index is -0.872. The van der Waals surface area contributed by atoms with Crippen LogP contribution in [0.2, 0.25) is 0 Å². The van der Waals surface area contributed by atoms with Crippen LogP contribution in [-0.2, 0) is 4.79 Å². The van der Waals surface area contributed by atoms with Gasteiger partial charge in [-0.1, -0.05) is 57.6 Å². The summed E-state index contributed by atoms with van der Waals surface area (Å²) in [7, 11) is 1.54. The molecule has 1 N–H and O–H groups in total. The van der Waals surface area contributed by atoms with Crippen molar-refractivity contribution in [2.75, 3.05) is 20.2 Å². The van der Waals surface area contributed by atoms with Crippen LogP contribution >= 0.6 is 27.3 Å². The molecule has 1 aromatic heterocycles. The van der Waals surface area contributed by atoms with Gasteiger partial charge in [-0.2, -0.15) is 0 Å². The molecule has 0 spiro atoms. The number of allylic oxidation sites excluding steroid dienone is 1. The molecule has 0 bridgehead atoms. The summed E-state index contributed by atoms with van der Waals surface area (Å²) in [5.74, 6) is -0.293. The maximum Gasteiger partial charge on any atom is 0.312 e. The van der Waals surface area contributed by atoms with Gasteiger partial charge >= 0.3 is 5.69 Å². The molecule has 42 heavy (non-hydrogen) atoms. The average molecular weight is 652 g/mol. The van der Waals surface area contributed by atoms with Crippen LogP contribution in [0.1, 0.15) is 37.9 Å². The SMILES string of the molecule is CCN(CC)C(=O)C1=C(C)N=c2s/c(=C/c3cc(Br)cc([N+](=O)[O-])c3O)c(=O)n2[C@H]1c1c(OC)ccc2ccccc12. The van der Waals surface area contributed by atoms with Gasteiger partial charge in [0.05, 0.1) is 27.8 Å². The first-order valence-corrected chi connectivity index (χ1v) is 14.8. The van der Waals surface area contributed by atoms with Crippen molar-refractivity contribution in [2.45, 2.75) is 26.8 Å². The maximum atomic E-state index is 14.2. The van der Waals surface area contributed by atoms with Gasteiger partial charge in [-0.05, 0) is 49.8 Å². The third kappa shape index (κ3) is 4.90. The topological polar surface area (TPSA) is 127 Å². The van der Waals surface area contributed by atoms with E-state index in [4.69, 9.17) is 9.73 Å². The number of aromatic nitrogens is 1. The van der Waals surface area contributed by atoms with Crippen LogP contribution in [0.25, 0.3) is 16.8 Å². The van der Waals surface area contributed by atoms with Crippen molar-refractivity contribution in [3.05, 3.63) is 105 Å². The van der Waals surface area contributed by atoms with E-state index in [1.807, 2.05) is 50.2 Å². The second kappa shape index (κ2) is 11.5. The molecule has 0 fully saturated rings. The Kier molecular flexibility index (Phi) is 8.02. The Bertz CT molecular complexity index is 1980. The molecule has 1 amide bonds. The van der Waals surface area contributed by atoms with Crippen LogP contribution in [0, 0.1) is 10.1 Å². The van der Waals surface area contributed by atoms with E-state index >= 15 is 0 Å². The summed E-state index contributed by atoms with van der Waals surface area (Å²) < 4.78 is 7.84. The number of benzene rings is 3. The highest BCUT2D eigenvalue weighted by Crippen LogP contribution is 2.40. The first kappa shape index (κ1) is 29.2. The van der Waals surface area contributed by atoms with Gasteiger partial charge in [0.2, 0.25) is 5.75 Å². The highest BCUT2D eigenvalue weighted by Gasteiger charge is 2.36. The van der Waals surface area contributed by atoms with Crippen molar-refractivity contribution in [2.24, 2.45) is 4.99 Å². The van der Waals surface area contributed by atoms with Crippen molar-refractivity contribution < 1.29 is 19.6 Å². The van der Waals surface area contributed by atoms with E-state index in [0.717, 1.165) is 22.1 Å². The van der Waals surface area contributed by atoms with Crippen LogP contribution in [0.5, 0.6) is 11.5 Å². The number of carbonyl (C=O) groups is 1. The summed E-state index contributed by atoms with van der Waals surface area (Å²) >= 11 is 4.32. The number of likely N-dealkylation sites (N-methyl/N-ethyl adjacent to an activating group) is 1. The number of fused-ring (bicyclic) bond motifs is 2. The molecule has 2 heterocycles. The van der Waals surface area contributed by atoms with Crippen LogP contribution in [0.3, 0.4) is 0 Å². The molecule has 1 aliphatic rings. The fourth-order valence-corrected chi connectivity index (χ4v) is 6.78. The quantitative estimate of drug-likeness (QED) is 0.229. The number of aromatic hydroxyl groups is 1. The Hall–Kier alpha value is -4.29. The van der Waals surface area contributed by atoms with Gasteiger partial charge in [0.15, 0.2) is 4.80 Å². The molecule has 0 saturated carbocycles. The fraction of sp³-hybridized carbons (Fsp3) is 0.233. The Labute approximate surface area is 252 Å². The van der Waals surface area contributed by atoms with Gasteiger partial charge < -0.3 is 14.7 Å². The Morgan fingerprint density at radius 3 is 2.62 bits per heavy atom. The van der Waals surface area contributed by atoms with E-state index in [-0.39, 0.29) is 16.0 Å². The van der Waals surface area contributed by atoms with Crippen LogP contribution in [-0.4, -0.2) is 45.6 Å². The molecular formula is C30H27BrN4O6S. The molecule has 0 aliphatic carbocycles. The molecule has 0 unspecified atom stereocenters. The smallest absolute Gasteiger partial charge is 0.312 e. The Morgan fingerprint density at radius 1 is 1.24 bits per heavy atom. The number of rotatable bonds is 7. The Balaban J connectivity index is 1.86. The lowest BCUT2D eigenvalue weighted by atomic mass is 9.90. The predicted octanol–water partition coefficient (Wildman–Crippen LogP) is 4.64. The number of methoxy groups -OCH3 is 1. The number of thiazole rings is 1. The molecule has 216 valence electrons. The van der Waals surface area contributed by atoms with Gasteiger partial charge in [0, 0.05) is 34.8 Å². The summed E-state index contributed by atoms with van der Waals surface area (Å²) in [5, 5.41) is 23.8. The molecule has 3 aromatic carbocycles. The van der Waals surface area contributed by atoms with Gasteiger partial charge in [-0.15, -0.1) is 0 Å². The number of carbonyl (C=O) groups excluding carboxylic acids is 1. The van der Waals surface area contributed by atoms with Gasteiger partial charge in [-0.25, -0.2) is 4.99 Å². The predicted molar refractivity (Wildman–Crippen MR) is 165 cm³/mol. The van der Waals surface area contributed by atoms with Crippen molar-refractivity contribution >= 4 is 55.7 Å². The summed E-state index contributed by atoms with van der Waals surface area (Å²) in [4.78, 5) is 45.8. The lowest BCUT2D eigenvalue weighted by molar-refractivity contribution is -0.385. The lowest BCUT2D eigenvalue weighted by Gasteiger charge is -2.30. The molecule has 10 nitrogen and oxygen atoms in total. The van der Waals surface area contributed by atoms with Crippen molar-refractivity contribution in [1.29, 1.82) is 0 Å². The van der Waals surface area contributed by atoms with E-state index in [1.54, 1.807) is 18.9 Å². The molecule has 0 saturated heterocycles. The van der Waals surface area contributed by atoms with Crippen LogP contribution in [0.4, 0.5) is 5.69 Å². The highest BCUT2D eigenvalue weighted by atomic mass is 79.9. The van der Waals surface area contributed by atoms with Crippen LogP contribution in [0.15, 0.2) is 74.1 Å². The Morgan fingerprint density at radius 2 is 1.95 bits per heavy atom. The third-order valence-electron chi connectivity index (χ3n) is 7.29. The number of hydrogen-bond acceptors (Lipinski definition) is 8. The number of nitrogens with zero attached hydrogens (tertiary/aromatic N) is 4. The summed E-state index contributed by atoms with van der Waals surface area (Å²) in [5.41, 5.74) is 0.612. The zero-order chi connectivity index (χ0) is 30.3. The second-order valence-corrected chi connectivity index (χ2v) is 11.5. The molecule has 0 radical (unpaired) electrons. The third-order valence-corrected chi connectivity index (χ3v) is 8.73. The monoisotopic (exact) mass is 650 g/mol. The lowest BCUT2D eigenvalue weighted by Crippen LogP contribution is -2.43. The maximum absolute atomic E-state index is 14.2. The van der Waals surface area contributed by atoms with Gasteiger partial charge in [0.25, 0.3) is 11.5 Å². The number of phenolic OH excluding ortho intramolecular Hbond substituents is 1. The van der Waals surface area contributed by atoms with Gasteiger partial charge in [-0.3, -0.25) is 24.3 Å². The largest absolute Gasteiger partial charge is 0.502 e. The number of ether oxygens (including phenoxy) is 1. The number of phenols is 1. The number of hydrogen-bond donors (Lipinski definition) is 1. The molecule has 1 atom stereocenters. The minimum Gasteiger partial charge on any atom is -0.502 e. The molecule has 1 aliphatic heterocycles. The number of nitro groups is 1. The van der Waals surface area contributed by atoms with E-state index in [0.29, 0.717) is 44.9 Å². The number of amides is 1. The number of halogens is 1. The van der Waals surface area contributed by atoms with Crippen LogP contribution < -0.4 is 19.6 Å². The van der Waals surface area contributed by atoms with E-state index in [2.05, 4.69) is 15.9 Å². The van der Waals surface area contributed by atoms with E-state index in [1.165, 1.54) is 22.8 Å². The molecule has 5 rings (SSSR count). The summed E-state index contributed by atoms with van der Waals surface area (Å²) in [6.07, 6.45) is 1.40. The molecule has 4 aromatic rings. The fourth-order valence-electron chi connectivity index (χ4n) is 5.28. The van der Waals surface area contributed by atoms with Crippen molar-refractivity contribution in [3.8, 4) is 11.5 Å². The number of nitro benzene ring substituents is 1. The van der Waals surface area contributed by atoms with Crippen molar-refractivity contribution in [3.63, 3.8) is 0 Å². The molecular weight excluding hydrogens is 624 g/mol. The summed E-state index contributed by atoms with van der Waals surface area (Å²) in [6.45, 7) is 6.48. The first-order valence-electron chi connectivity index (χ1n) is 13.2. The second-order valence-electron chi connectivity index (χ2n) is 9.58. The summed E-state index contributed by atoms with van der Waals surface area (Å²) in [6, 6.07) is 13.2. The standard InChI is InChI=1S/C30H27BrN4O6S/c1-5-33(6-2)29(38)24-16(3)32-30-34(26(24)25-20-10-8-7-9-17(20)11-12-22(25)41-4)28(37)23(42-30)14-18-13-19(31)15-21(27(18)36)35(39)40/h7-15,26,36H,5-6H2,1-4H3/b23-14+/t26-/m1/s1. The first-order chi connectivity index (χ1) is 20.1. The van der Waals surface area contributed by atoms with Crippen molar-refractivity contribution in [1.82, 2.24) is 9.47 Å². The van der Waals surface area contributed by atoms with E-state index < -0.39 is 28.0 Å². The minimum absolute atomic E-state index is 0.0933. The zero-order valence-corrected chi connectivity index (χ0v) is 25.7. The average Bonchev–Trinajstić information content (AvgIpc) is 3.27. The molecule has 12 heteroatoms. The zero-order valence-electron chi connectivity index (χ0n) is 23.3. The van der Waals surface area contributed by atoms with Gasteiger partial charge in [0.1, 0.15) is 11.8 Å². The highest BCUT2D eigenvalue weighted by molar-refractivity contribution is 9.10.